The van der Waals surface area contributed by atoms with Crippen LogP contribution in [-0.4, -0.2) is 37.1 Å². The van der Waals surface area contributed by atoms with Crippen LogP contribution < -0.4 is 15.5 Å². The van der Waals surface area contributed by atoms with Gasteiger partial charge >= 0.3 is 6.03 Å². The van der Waals surface area contributed by atoms with Crippen LogP contribution >= 0.6 is 0 Å². The number of hydrogen-bond donors (Lipinski definition) is 2. The van der Waals surface area contributed by atoms with E-state index in [-0.39, 0.29) is 16.1 Å². The lowest BCUT2D eigenvalue weighted by Crippen LogP contribution is -2.53. The summed E-state index contributed by atoms with van der Waals surface area (Å²) in [7, 11) is 1.73. The molecule has 114 valence electrons. The average Bonchev–Trinajstić information content (AvgIpc) is 2.50. The van der Waals surface area contributed by atoms with Crippen LogP contribution in [0.2, 0.25) is 0 Å². The van der Waals surface area contributed by atoms with E-state index in [9.17, 15) is 14.4 Å². The zero-order valence-electron chi connectivity index (χ0n) is 12.4. The van der Waals surface area contributed by atoms with Crippen molar-refractivity contribution in [2.24, 2.45) is 10.7 Å². The number of anilines is 1. The first-order chi connectivity index (χ1) is 10.4. The molecule has 22 heavy (non-hydrogen) atoms. The molecule has 0 saturated heterocycles. The van der Waals surface area contributed by atoms with Gasteiger partial charge in [-0.1, -0.05) is 0 Å². The first-order valence-corrected chi connectivity index (χ1v) is 6.75. The molecule has 3 N–H and O–H groups in total. The molecule has 1 aliphatic heterocycles. The third-order valence-electron chi connectivity index (χ3n) is 3.65. The molecular formula is C15H17N4O3+. The van der Waals surface area contributed by atoms with Crippen molar-refractivity contribution < 1.29 is 14.4 Å². The van der Waals surface area contributed by atoms with Crippen LogP contribution in [0, 0.1) is 0 Å². The number of hydrogen-bond acceptors (Lipinski definition) is 4. The standard InChI is InChI=1S/C15H16N4O3/c1-3-19(2,15(16)22)11-6-4-10(5-7-11)17-14-12(20)8-9-13(21)18-14/h4-9H,3H2,1-2H3,(H2-,16,17,18,21,22)/p+1. The lowest BCUT2D eigenvalue weighted by atomic mass is 10.2. The molecule has 0 spiro atoms. The Bertz CT molecular complexity index is 691. The number of carbonyl (C=O) groups excluding carboxylic acids is 3. The molecule has 1 aromatic rings. The Morgan fingerprint density at radius 1 is 1.23 bits per heavy atom. The Balaban J connectivity index is 2.21. The number of aliphatic imine (C=N–C) groups is 1. The van der Waals surface area contributed by atoms with Crippen LogP contribution in [0.15, 0.2) is 41.4 Å². The molecule has 3 amide bonds. The van der Waals surface area contributed by atoms with E-state index in [2.05, 4.69) is 10.3 Å². The second kappa shape index (κ2) is 5.90. The SMILES string of the molecule is CC[N+](C)(C(N)=O)c1ccc(NC2=NC(=O)C=CC2=O)cc1. The van der Waals surface area contributed by atoms with E-state index in [0.29, 0.717) is 12.2 Å². The number of amidine groups is 1. The van der Waals surface area contributed by atoms with Crippen LogP contribution in [0.4, 0.5) is 16.2 Å². The molecule has 1 unspecified atom stereocenters. The summed E-state index contributed by atoms with van der Waals surface area (Å²) in [6, 6.07) is 6.42. The van der Waals surface area contributed by atoms with E-state index >= 15 is 0 Å². The molecule has 1 heterocycles. The first kappa shape index (κ1) is 15.6. The summed E-state index contributed by atoms with van der Waals surface area (Å²) in [4.78, 5) is 38.0. The van der Waals surface area contributed by atoms with Gasteiger partial charge in [0.15, 0.2) is 5.84 Å². The molecule has 0 fully saturated rings. The minimum Gasteiger partial charge on any atom is -0.337 e. The number of rotatable bonds is 3. The van der Waals surface area contributed by atoms with E-state index < -0.39 is 11.9 Å². The second-order valence-corrected chi connectivity index (χ2v) is 5.01. The number of carbonyl (C=O) groups is 3. The van der Waals surface area contributed by atoms with Crippen molar-refractivity contribution in [1.82, 2.24) is 4.48 Å². The predicted molar refractivity (Wildman–Crippen MR) is 84.5 cm³/mol. The molecule has 0 aliphatic carbocycles. The van der Waals surface area contributed by atoms with Crippen LogP contribution in [-0.2, 0) is 9.59 Å². The normalized spacial score (nSPS) is 16.9. The molecule has 7 nitrogen and oxygen atoms in total. The summed E-state index contributed by atoms with van der Waals surface area (Å²) in [5, 5.41) is 2.79. The molecule has 0 saturated carbocycles. The average molecular weight is 301 g/mol. The van der Waals surface area contributed by atoms with Gasteiger partial charge in [-0.2, -0.15) is 4.99 Å². The fourth-order valence-electron chi connectivity index (χ4n) is 1.99. The molecule has 1 atom stereocenters. The van der Waals surface area contributed by atoms with Crippen LogP contribution in [0.1, 0.15) is 6.92 Å². The van der Waals surface area contributed by atoms with Gasteiger partial charge in [0.25, 0.3) is 5.91 Å². The van der Waals surface area contributed by atoms with Crippen LogP contribution in [0.3, 0.4) is 0 Å². The highest BCUT2D eigenvalue weighted by Gasteiger charge is 2.30. The highest BCUT2D eigenvalue weighted by molar-refractivity contribution is 6.50. The molecule has 0 radical (unpaired) electrons. The molecule has 2 rings (SSSR count). The van der Waals surface area contributed by atoms with Gasteiger partial charge in [-0.15, -0.1) is 0 Å². The van der Waals surface area contributed by atoms with E-state index in [1.165, 1.54) is 6.08 Å². The van der Waals surface area contributed by atoms with Gasteiger partial charge in [0.1, 0.15) is 5.69 Å². The van der Waals surface area contributed by atoms with Crippen molar-refractivity contribution in [2.75, 3.05) is 18.9 Å². The Morgan fingerprint density at radius 2 is 1.86 bits per heavy atom. The quantitative estimate of drug-likeness (QED) is 0.819. The van der Waals surface area contributed by atoms with Crippen molar-refractivity contribution in [3.8, 4) is 0 Å². The Morgan fingerprint density at radius 3 is 2.41 bits per heavy atom. The minimum atomic E-state index is -0.484. The highest BCUT2D eigenvalue weighted by atomic mass is 16.2. The maximum Gasteiger partial charge on any atom is 0.418 e. The van der Waals surface area contributed by atoms with Crippen molar-refractivity contribution >= 4 is 34.9 Å². The van der Waals surface area contributed by atoms with E-state index in [4.69, 9.17) is 5.73 Å². The number of benzene rings is 1. The number of dihydropyridines is 1. The van der Waals surface area contributed by atoms with Crippen molar-refractivity contribution in [3.05, 3.63) is 36.4 Å². The van der Waals surface area contributed by atoms with Crippen molar-refractivity contribution in [3.63, 3.8) is 0 Å². The lowest BCUT2D eigenvalue weighted by Gasteiger charge is -2.27. The zero-order valence-corrected chi connectivity index (χ0v) is 12.4. The summed E-state index contributed by atoms with van der Waals surface area (Å²) < 4.78 is -0.0264. The van der Waals surface area contributed by atoms with Gasteiger partial charge in [0.2, 0.25) is 5.78 Å². The summed E-state index contributed by atoms with van der Waals surface area (Å²) >= 11 is 0. The van der Waals surface area contributed by atoms with Gasteiger partial charge in [0, 0.05) is 23.9 Å². The maximum atomic E-state index is 11.6. The summed E-state index contributed by atoms with van der Waals surface area (Å²) in [6.07, 6.45) is 2.29. The number of nitrogens with two attached hydrogens (primary N) is 1. The molecule has 1 aromatic carbocycles. The Labute approximate surface area is 127 Å². The third-order valence-corrected chi connectivity index (χ3v) is 3.65. The number of primary amides is 1. The second-order valence-electron chi connectivity index (χ2n) is 5.01. The molecule has 0 aromatic heterocycles. The van der Waals surface area contributed by atoms with Gasteiger partial charge in [-0.3, -0.25) is 9.59 Å². The topological polar surface area (TPSA) is 102 Å². The summed E-state index contributed by atoms with van der Waals surface area (Å²) in [6.45, 7) is 2.39. The summed E-state index contributed by atoms with van der Waals surface area (Å²) in [5.41, 5.74) is 6.76. The molecule has 7 heteroatoms. The van der Waals surface area contributed by atoms with E-state index in [1.807, 2.05) is 6.92 Å². The lowest BCUT2D eigenvalue weighted by molar-refractivity contribution is -0.115. The monoisotopic (exact) mass is 301 g/mol. The summed E-state index contributed by atoms with van der Waals surface area (Å²) in [5.74, 6) is -0.874. The molecular weight excluding hydrogens is 284 g/mol. The number of amides is 3. The number of nitrogens with one attached hydrogen (secondary N) is 1. The number of quaternary nitrogens is 1. The maximum absolute atomic E-state index is 11.6. The van der Waals surface area contributed by atoms with Gasteiger partial charge in [0.05, 0.1) is 13.6 Å². The van der Waals surface area contributed by atoms with Gasteiger partial charge < -0.3 is 11.1 Å². The third kappa shape index (κ3) is 2.94. The molecule has 1 aliphatic rings. The van der Waals surface area contributed by atoms with Crippen molar-refractivity contribution in [1.29, 1.82) is 0 Å². The van der Waals surface area contributed by atoms with Crippen LogP contribution in [0.5, 0.6) is 0 Å². The highest BCUT2D eigenvalue weighted by Crippen LogP contribution is 2.23. The smallest absolute Gasteiger partial charge is 0.337 e. The fraction of sp³-hybridized carbons (Fsp3) is 0.200. The largest absolute Gasteiger partial charge is 0.418 e. The minimum absolute atomic E-state index is 0.0251. The van der Waals surface area contributed by atoms with Crippen LogP contribution in [0.25, 0.3) is 0 Å². The van der Waals surface area contributed by atoms with Gasteiger partial charge in [-0.05, 0) is 25.1 Å². The zero-order chi connectivity index (χ0) is 16.3. The predicted octanol–water partition coefficient (Wildman–Crippen LogP) is 1.20. The number of ketones is 1. The number of urea groups is 1. The Kier molecular flexibility index (Phi) is 4.18. The van der Waals surface area contributed by atoms with Gasteiger partial charge in [-0.25, -0.2) is 9.28 Å². The van der Waals surface area contributed by atoms with E-state index in [1.54, 1.807) is 31.3 Å². The number of nitrogens with zero attached hydrogens (tertiary/aromatic N) is 2. The van der Waals surface area contributed by atoms with E-state index in [0.717, 1.165) is 11.8 Å². The fourth-order valence-corrected chi connectivity index (χ4v) is 1.99. The van der Waals surface area contributed by atoms with Crippen molar-refractivity contribution in [2.45, 2.75) is 6.92 Å². The Hall–Kier alpha value is -2.80. The first-order valence-electron chi connectivity index (χ1n) is 6.75. The molecule has 0 bridgehead atoms.